The molecule has 1 aliphatic rings. The van der Waals surface area contributed by atoms with Gasteiger partial charge in [-0.2, -0.15) is 0 Å². The van der Waals surface area contributed by atoms with Crippen LogP contribution in [0.3, 0.4) is 0 Å². The molecule has 0 aliphatic carbocycles. The van der Waals surface area contributed by atoms with Gasteiger partial charge in [-0.05, 0) is 35.7 Å². The molecule has 4 rings (SSSR count). The molecule has 3 aromatic carbocycles. The third-order valence-electron chi connectivity index (χ3n) is 6.21. The summed E-state index contributed by atoms with van der Waals surface area (Å²) in [6.45, 7) is 1.98. The van der Waals surface area contributed by atoms with Crippen LogP contribution in [0.15, 0.2) is 84.9 Å². The largest absolute Gasteiger partial charge is 0.468 e. The lowest BCUT2D eigenvalue weighted by molar-refractivity contribution is -0.186. The number of hydrogen-bond donors (Lipinski definition) is 0. The number of carbonyl (C=O) groups is 2. The van der Waals surface area contributed by atoms with Crippen molar-refractivity contribution in [1.82, 2.24) is 0 Å². The van der Waals surface area contributed by atoms with E-state index in [-0.39, 0.29) is 6.42 Å². The van der Waals surface area contributed by atoms with Crippen molar-refractivity contribution in [2.24, 2.45) is 5.41 Å². The number of hydroxylamine groups is 1. The van der Waals surface area contributed by atoms with Crippen LogP contribution in [-0.2, 0) is 23.9 Å². The van der Waals surface area contributed by atoms with E-state index in [1.165, 1.54) is 14.2 Å². The van der Waals surface area contributed by atoms with Crippen LogP contribution in [0.5, 0.6) is 0 Å². The van der Waals surface area contributed by atoms with Gasteiger partial charge < -0.3 is 9.47 Å². The SMILES string of the molecule is COC(=O)C1(C(=O)OC)CC(c2ccccc2C)ON(c2ccccc2)C1c1ccccc1. The lowest BCUT2D eigenvalue weighted by Crippen LogP contribution is -2.57. The molecule has 0 radical (unpaired) electrons. The zero-order valence-electron chi connectivity index (χ0n) is 18.9. The minimum absolute atomic E-state index is 0.0695. The van der Waals surface area contributed by atoms with Gasteiger partial charge in [-0.1, -0.05) is 72.8 Å². The van der Waals surface area contributed by atoms with E-state index >= 15 is 0 Å². The van der Waals surface area contributed by atoms with Gasteiger partial charge in [0.2, 0.25) is 0 Å². The lowest BCUT2D eigenvalue weighted by atomic mass is 9.70. The fourth-order valence-electron chi connectivity index (χ4n) is 4.63. The number of esters is 2. The molecule has 2 atom stereocenters. The molecule has 1 aliphatic heterocycles. The fourth-order valence-corrected chi connectivity index (χ4v) is 4.63. The highest BCUT2D eigenvalue weighted by atomic mass is 16.7. The van der Waals surface area contributed by atoms with Gasteiger partial charge in [-0.15, -0.1) is 0 Å². The summed E-state index contributed by atoms with van der Waals surface area (Å²) in [6, 6.07) is 25.8. The molecule has 6 nitrogen and oxygen atoms in total. The van der Waals surface area contributed by atoms with Crippen molar-refractivity contribution in [3.05, 3.63) is 102 Å². The average Bonchev–Trinajstić information content (AvgIpc) is 2.88. The maximum atomic E-state index is 13.5. The normalized spacial score (nSPS) is 19.5. The molecule has 1 heterocycles. The number of nitrogens with zero attached hydrogens (tertiary/aromatic N) is 1. The molecule has 1 saturated heterocycles. The highest BCUT2D eigenvalue weighted by Crippen LogP contribution is 2.54. The number of ether oxygens (including phenoxy) is 2. The van der Waals surface area contributed by atoms with Crippen molar-refractivity contribution in [2.45, 2.75) is 25.5 Å². The van der Waals surface area contributed by atoms with Crippen LogP contribution < -0.4 is 5.06 Å². The van der Waals surface area contributed by atoms with E-state index in [0.717, 1.165) is 16.7 Å². The number of carbonyl (C=O) groups excluding carboxylic acids is 2. The van der Waals surface area contributed by atoms with Crippen LogP contribution >= 0.6 is 0 Å². The minimum atomic E-state index is -1.66. The summed E-state index contributed by atoms with van der Waals surface area (Å²) in [6.07, 6.45) is -0.510. The number of rotatable bonds is 5. The van der Waals surface area contributed by atoms with E-state index in [9.17, 15) is 9.59 Å². The van der Waals surface area contributed by atoms with E-state index < -0.39 is 29.5 Å². The van der Waals surface area contributed by atoms with Gasteiger partial charge in [0.25, 0.3) is 0 Å². The summed E-state index contributed by atoms with van der Waals surface area (Å²) < 4.78 is 10.5. The Balaban J connectivity index is 1.99. The third-order valence-corrected chi connectivity index (χ3v) is 6.21. The quantitative estimate of drug-likeness (QED) is 0.409. The Morgan fingerprint density at radius 2 is 1.39 bits per heavy atom. The third kappa shape index (κ3) is 3.98. The van der Waals surface area contributed by atoms with Crippen LogP contribution in [0, 0.1) is 12.3 Å². The van der Waals surface area contributed by atoms with Crippen molar-refractivity contribution in [3.8, 4) is 0 Å². The molecule has 3 aromatic rings. The Bertz CT molecular complexity index is 1100. The molecule has 0 saturated carbocycles. The topological polar surface area (TPSA) is 65.1 Å². The second kappa shape index (κ2) is 9.46. The van der Waals surface area contributed by atoms with Crippen LogP contribution in [0.4, 0.5) is 5.69 Å². The van der Waals surface area contributed by atoms with Crippen molar-refractivity contribution in [2.75, 3.05) is 19.3 Å². The van der Waals surface area contributed by atoms with E-state index in [1.807, 2.05) is 91.9 Å². The van der Waals surface area contributed by atoms with Crippen molar-refractivity contribution < 1.29 is 23.9 Å². The minimum Gasteiger partial charge on any atom is -0.468 e. The second-order valence-electron chi connectivity index (χ2n) is 8.08. The Morgan fingerprint density at radius 1 is 0.848 bits per heavy atom. The number of hydrogen-bond acceptors (Lipinski definition) is 6. The fraction of sp³-hybridized carbons (Fsp3) is 0.259. The van der Waals surface area contributed by atoms with E-state index in [1.54, 1.807) is 5.06 Å². The molecule has 6 heteroatoms. The smallest absolute Gasteiger partial charge is 0.325 e. The zero-order valence-corrected chi connectivity index (χ0v) is 18.9. The highest BCUT2D eigenvalue weighted by molar-refractivity contribution is 6.02. The van der Waals surface area contributed by atoms with Crippen LogP contribution in [0.2, 0.25) is 0 Å². The van der Waals surface area contributed by atoms with Gasteiger partial charge in [0, 0.05) is 6.42 Å². The summed E-state index contributed by atoms with van der Waals surface area (Å²) in [4.78, 5) is 33.6. The van der Waals surface area contributed by atoms with Gasteiger partial charge in [0.05, 0.1) is 19.9 Å². The second-order valence-corrected chi connectivity index (χ2v) is 8.08. The lowest BCUT2D eigenvalue weighted by Gasteiger charge is -2.49. The summed E-state index contributed by atoms with van der Waals surface area (Å²) in [5.74, 6) is -1.32. The average molecular weight is 446 g/mol. The Labute approximate surface area is 193 Å². The van der Waals surface area contributed by atoms with Crippen molar-refractivity contribution in [3.63, 3.8) is 0 Å². The van der Waals surface area contributed by atoms with Crippen LogP contribution in [0.1, 0.15) is 35.3 Å². The first-order valence-electron chi connectivity index (χ1n) is 10.8. The summed E-state index contributed by atoms with van der Waals surface area (Å²) in [5, 5.41) is 1.66. The number of benzene rings is 3. The first kappa shape index (κ1) is 22.6. The highest BCUT2D eigenvalue weighted by Gasteiger charge is 2.62. The first-order valence-corrected chi connectivity index (χ1v) is 10.8. The number of methoxy groups -OCH3 is 2. The number of para-hydroxylation sites is 1. The number of anilines is 1. The van der Waals surface area contributed by atoms with Crippen LogP contribution in [-0.4, -0.2) is 26.2 Å². The molecule has 1 fully saturated rings. The molecule has 0 N–H and O–H groups in total. The van der Waals surface area contributed by atoms with Gasteiger partial charge in [0.15, 0.2) is 5.41 Å². The first-order chi connectivity index (χ1) is 16.0. The van der Waals surface area contributed by atoms with Gasteiger partial charge in [-0.3, -0.25) is 14.4 Å². The molecule has 0 bridgehead atoms. The maximum absolute atomic E-state index is 13.5. The van der Waals surface area contributed by atoms with Crippen molar-refractivity contribution in [1.29, 1.82) is 0 Å². The molecule has 2 unspecified atom stereocenters. The molecule has 0 amide bonds. The predicted molar refractivity (Wildman–Crippen MR) is 124 cm³/mol. The van der Waals surface area contributed by atoms with Gasteiger partial charge >= 0.3 is 11.9 Å². The molecule has 0 spiro atoms. The summed E-state index contributed by atoms with van der Waals surface area (Å²) >= 11 is 0. The standard InChI is InChI=1S/C27H27NO5/c1-19-12-10-11-17-22(19)23-18-27(25(29)31-2,26(30)32-3)24(20-13-6-4-7-14-20)28(33-23)21-15-8-5-9-16-21/h4-17,23-24H,18H2,1-3H3. The van der Waals surface area contributed by atoms with E-state index in [0.29, 0.717) is 5.69 Å². The molecule has 33 heavy (non-hydrogen) atoms. The Kier molecular flexibility index (Phi) is 6.47. The van der Waals surface area contributed by atoms with Gasteiger partial charge in [0.1, 0.15) is 12.1 Å². The predicted octanol–water partition coefficient (Wildman–Crippen LogP) is 4.95. The summed E-state index contributed by atoms with van der Waals surface area (Å²) in [7, 11) is 2.58. The van der Waals surface area contributed by atoms with Crippen LogP contribution in [0.25, 0.3) is 0 Å². The molecular formula is C27H27NO5. The van der Waals surface area contributed by atoms with E-state index in [2.05, 4.69) is 0 Å². The molecule has 170 valence electrons. The number of aryl methyl sites for hydroxylation is 1. The molecular weight excluding hydrogens is 418 g/mol. The maximum Gasteiger partial charge on any atom is 0.325 e. The zero-order chi connectivity index (χ0) is 23.4. The summed E-state index contributed by atoms with van der Waals surface area (Å²) in [5.41, 5.74) is 1.67. The monoisotopic (exact) mass is 445 g/mol. The van der Waals surface area contributed by atoms with Crippen molar-refractivity contribution >= 4 is 17.6 Å². The van der Waals surface area contributed by atoms with Gasteiger partial charge in [-0.25, -0.2) is 5.06 Å². The molecule has 0 aromatic heterocycles. The van der Waals surface area contributed by atoms with E-state index in [4.69, 9.17) is 14.3 Å². The Morgan fingerprint density at radius 3 is 1.97 bits per heavy atom. The Hall–Kier alpha value is -3.64.